The van der Waals surface area contributed by atoms with Crippen LogP contribution in [0.4, 0.5) is 5.69 Å². The first kappa shape index (κ1) is 15.9. The molecule has 0 unspecified atom stereocenters. The Labute approximate surface area is 130 Å². The van der Waals surface area contributed by atoms with Gasteiger partial charge in [-0.1, -0.05) is 12.1 Å². The van der Waals surface area contributed by atoms with Crippen LogP contribution in [-0.4, -0.2) is 31.0 Å². The van der Waals surface area contributed by atoms with Gasteiger partial charge in [0, 0.05) is 24.8 Å². The summed E-state index contributed by atoms with van der Waals surface area (Å²) >= 11 is 11.3. The van der Waals surface area contributed by atoms with Gasteiger partial charge >= 0.3 is 10.2 Å². The van der Waals surface area contributed by atoms with E-state index in [9.17, 15) is 8.42 Å². The van der Waals surface area contributed by atoms with E-state index < -0.39 is 10.2 Å². The zero-order chi connectivity index (χ0) is 14.6. The Balaban J connectivity index is 2.18. The zero-order valence-corrected chi connectivity index (χ0v) is 13.4. The van der Waals surface area contributed by atoms with Crippen molar-refractivity contribution in [2.75, 3.05) is 23.0 Å². The predicted octanol–water partition coefficient (Wildman–Crippen LogP) is 2.96. The van der Waals surface area contributed by atoms with Crippen LogP contribution in [0.5, 0.6) is 0 Å². The second-order valence-corrected chi connectivity index (χ2v) is 7.19. The van der Waals surface area contributed by atoms with Crippen LogP contribution in [0.15, 0.2) is 18.2 Å². The zero-order valence-electron chi connectivity index (χ0n) is 11.1. The highest BCUT2D eigenvalue weighted by molar-refractivity contribution is 7.90. The molecule has 112 valence electrons. The molecule has 0 aromatic heterocycles. The van der Waals surface area contributed by atoms with Crippen LogP contribution >= 0.6 is 23.2 Å². The van der Waals surface area contributed by atoms with Crippen LogP contribution in [0.3, 0.4) is 0 Å². The molecule has 0 amide bonds. The average molecular weight is 337 g/mol. The topological polar surface area (TPSA) is 49.4 Å². The van der Waals surface area contributed by atoms with Gasteiger partial charge in [0.2, 0.25) is 0 Å². The lowest BCUT2D eigenvalue weighted by atomic mass is 10.1. The number of hydrogen-bond donors (Lipinski definition) is 1. The molecule has 1 heterocycles. The smallest absolute Gasteiger partial charge is 0.271 e. The Morgan fingerprint density at radius 2 is 1.95 bits per heavy atom. The average Bonchev–Trinajstić information content (AvgIpc) is 2.41. The van der Waals surface area contributed by atoms with E-state index in [-0.39, 0.29) is 0 Å². The number of benzene rings is 1. The van der Waals surface area contributed by atoms with Gasteiger partial charge in [0.25, 0.3) is 0 Å². The molecule has 7 heteroatoms. The SMILES string of the molecule is O=S1(=O)Nc2cc(CCCCl)ccc2CN1CCCCl. The second kappa shape index (κ2) is 6.98. The van der Waals surface area contributed by atoms with Gasteiger partial charge < -0.3 is 0 Å². The van der Waals surface area contributed by atoms with Crippen molar-refractivity contribution < 1.29 is 8.42 Å². The van der Waals surface area contributed by atoms with Crippen LogP contribution in [-0.2, 0) is 23.2 Å². The molecule has 0 saturated carbocycles. The molecule has 0 saturated heterocycles. The van der Waals surface area contributed by atoms with Gasteiger partial charge in [-0.2, -0.15) is 12.7 Å². The molecule has 0 radical (unpaired) electrons. The van der Waals surface area contributed by atoms with Crippen molar-refractivity contribution in [1.29, 1.82) is 0 Å². The quantitative estimate of drug-likeness (QED) is 0.812. The van der Waals surface area contributed by atoms with E-state index in [0.717, 1.165) is 24.0 Å². The van der Waals surface area contributed by atoms with E-state index in [1.165, 1.54) is 4.31 Å². The summed E-state index contributed by atoms with van der Waals surface area (Å²) in [5, 5.41) is 0. The molecular formula is C13H18Cl2N2O2S. The Bertz CT molecular complexity index is 563. The summed E-state index contributed by atoms with van der Waals surface area (Å²) < 4.78 is 28.3. The first-order chi connectivity index (χ1) is 9.56. The minimum Gasteiger partial charge on any atom is -0.271 e. The number of hydrogen-bond acceptors (Lipinski definition) is 2. The maximum Gasteiger partial charge on any atom is 0.301 e. The maximum absolute atomic E-state index is 12.1. The maximum atomic E-state index is 12.1. The van der Waals surface area contributed by atoms with Gasteiger partial charge in [-0.15, -0.1) is 23.2 Å². The summed E-state index contributed by atoms with van der Waals surface area (Å²) in [6, 6.07) is 5.91. The van der Waals surface area contributed by atoms with Crippen LogP contribution in [0.2, 0.25) is 0 Å². The summed E-state index contributed by atoms with van der Waals surface area (Å²) in [6.07, 6.45) is 2.38. The second-order valence-electron chi connectivity index (χ2n) is 4.77. The molecular weight excluding hydrogens is 319 g/mol. The van der Waals surface area contributed by atoms with Gasteiger partial charge in [-0.25, -0.2) is 0 Å². The van der Waals surface area contributed by atoms with Gasteiger partial charge in [0.1, 0.15) is 0 Å². The first-order valence-corrected chi connectivity index (χ1v) is 9.09. The van der Waals surface area contributed by atoms with Crippen molar-refractivity contribution in [2.45, 2.75) is 25.8 Å². The molecule has 4 nitrogen and oxygen atoms in total. The standard InChI is InChI=1S/C13H18Cl2N2O2S/c14-6-1-3-11-4-5-12-10-17(8-2-7-15)20(18,19)16-13(12)9-11/h4-5,9,16H,1-3,6-8,10H2. The molecule has 1 aliphatic heterocycles. The molecule has 2 rings (SSSR count). The Morgan fingerprint density at radius 3 is 2.65 bits per heavy atom. The highest BCUT2D eigenvalue weighted by atomic mass is 35.5. The fourth-order valence-corrected chi connectivity index (χ4v) is 3.73. The van der Waals surface area contributed by atoms with Crippen molar-refractivity contribution in [1.82, 2.24) is 4.31 Å². The highest BCUT2D eigenvalue weighted by Crippen LogP contribution is 2.28. The van der Waals surface area contributed by atoms with Crippen LogP contribution in [0.25, 0.3) is 0 Å². The molecule has 0 spiro atoms. The minimum absolute atomic E-state index is 0.400. The minimum atomic E-state index is -3.45. The van der Waals surface area contributed by atoms with Crippen molar-refractivity contribution >= 4 is 39.1 Å². The van der Waals surface area contributed by atoms with E-state index in [2.05, 4.69) is 4.72 Å². The third-order valence-electron chi connectivity index (χ3n) is 3.24. The molecule has 1 aromatic rings. The van der Waals surface area contributed by atoms with Crippen molar-refractivity contribution in [3.8, 4) is 0 Å². The molecule has 0 bridgehead atoms. The molecule has 0 aliphatic carbocycles. The third-order valence-corrected chi connectivity index (χ3v) is 5.24. The number of anilines is 1. The molecule has 0 atom stereocenters. The number of nitrogens with one attached hydrogen (secondary N) is 1. The fraction of sp³-hybridized carbons (Fsp3) is 0.538. The van der Waals surface area contributed by atoms with E-state index in [1.807, 2.05) is 18.2 Å². The number of nitrogens with zero attached hydrogens (tertiary/aromatic N) is 1. The van der Waals surface area contributed by atoms with Crippen LogP contribution in [0.1, 0.15) is 24.0 Å². The van der Waals surface area contributed by atoms with E-state index in [4.69, 9.17) is 23.2 Å². The Kier molecular flexibility index (Phi) is 5.55. The number of alkyl halides is 2. The number of fused-ring (bicyclic) bond motifs is 1. The fourth-order valence-electron chi connectivity index (χ4n) is 2.20. The third kappa shape index (κ3) is 3.79. The summed E-state index contributed by atoms with van der Waals surface area (Å²) in [4.78, 5) is 0. The van der Waals surface area contributed by atoms with Crippen LogP contribution in [0, 0.1) is 0 Å². The van der Waals surface area contributed by atoms with E-state index in [1.54, 1.807) is 0 Å². The summed E-state index contributed by atoms with van der Waals surface area (Å²) in [5.74, 6) is 1.06. The molecule has 0 fully saturated rings. The molecule has 20 heavy (non-hydrogen) atoms. The number of rotatable bonds is 6. The highest BCUT2D eigenvalue weighted by Gasteiger charge is 2.28. The van der Waals surface area contributed by atoms with Gasteiger partial charge in [0.05, 0.1) is 5.69 Å². The molecule has 1 N–H and O–H groups in total. The predicted molar refractivity (Wildman–Crippen MR) is 83.8 cm³/mol. The van der Waals surface area contributed by atoms with Crippen molar-refractivity contribution in [3.05, 3.63) is 29.3 Å². The summed E-state index contributed by atoms with van der Waals surface area (Å²) in [7, 11) is -3.45. The van der Waals surface area contributed by atoms with E-state index >= 15 is 0 Å². The lowest BCUT2D eigenvalue weighted by Gasteiger charge is -2.29. The largest absolute Gasteiger partial charge is 0.301 e. The summed E-state index contributed by atoms with van der Waals surface area (Å²) in [6.45, 7) is 0.837. The van der Waals surface area contributed by atoms with Gasteiger partial charge in [-0.3, -0.25) is 4.72 Å². The van der Waals surface area contributed by atoms with Gasteiger partial charge in [0.15, 0.2) is 0 Å². The van der Waals surface area contributed by atoms with Gasteiger partial charge in [-0.05, 0) is 36.5 Å². The van der Waals surface area contributed by atoms with E-state index in [0.29, 0.717) is 37.0 Å². The summed E-state index contributed by atoms with van der Waals surface area (Å²) in [5.41, 5.74) is 2.77. The Morgan fingerprint density at radius 1 is 1.20 bits per heavy atom. The lowest BCUT2D eigenvalue weighted by molar-refractivity contribution is 0.405. The Hall–Kier alpha value is -0.490. The molecule has 1 aromatic carbocycles. The number of aryl methyl sites for hydroxylation is 1. The monoisotopic (exact) mass is 336 g/mol. The number of halogens is 2. The lowest BCUT2D eigenvalue weighted by Crippen LogP contribution is -2.40. The van der Waals surface area contributed by atoms with Crippen molar-refractivity contribution in [3.63, 3.8) is 0 Å². The first-order valence-electron chi connectivity index (χ1n) is 6.58. The molecule has 1 aliphatic rings. The normalized spacial score (nSPS) is 17.5. The van der Waals surface area contributed by atoms with Crippen molar-refractivity contribution in [2.24, 2.45) is 0 Å². The van der Waals surface area contributed by atoms with Crippen LogP contribution < -0.4 is 4.72 Å².